The molecule has 0 amide bonds. The first kappa shape index (κ1) is 18.7. The Bertz CT molecular complexity index is 713. The number of hydrogen-bond acceptors (Lipinski definition) is 5. The van der Waals surface area contributed by atoms with E-state index in [0.29, 0.717) is 37.5 Å². The molecule has 134 valence electrons. The van der Waals surface area contributed by atoms with Crippen molar-refractivity contribution in [2.24, 2.45) is 0 Å². The van der Waals surface area contributed by atoms with E-state index in [1.807, 2.05) is 12.1 Å². The Kier molecular flexibility index (Phi) is 7.16. The summed E-state index contributed by atoms with van der Waals surface area (Å²) in [6, 6.07) is 7.55. The first-order valence-electron chi connectivity index (χ1n) is 7.83. The number of nitrogens with one attached hydrogen (secondary N) is 1. The van der Waals surface area contributed by atoms with Crippen molar-refractivity contribution in [1.82, 2.24) is 14.9 Å². The third kappa shape index (κ3) is 5.43. The Labute approximate surface area is 145 Å². The number of imidazole rings is 1. The minimum Gasteiger partial charge on any atom is -0.493 e. The number of methoxy groups -OCH3 is 1. The standard InChI is InChI=1S/C17H20F2N4O2/c1-24-14-5-4-13(10-15(14)25-9-3-2-6-20)11-21-12-16-22-7-8-23(16)17(18)19/h4-5,7-8,10,17,21H,2-3,9,11-12H2,1H3. The van der Waals surface area contributed by atoms with Gasteiger partial charge in [0.1, 0.15) is 5.82 Å². The van der Waals surface area contributed by atoms with Gasteiger partial charge < -0.3 is 14.8 Å². The second kappa shape index (κ2) is 9.59. The second-order valence-electron chi connectivity index (χ2n) is 5.23. The molecule has 1 N–H and O–H groups in total. The fourth-order valence-corrected chi connectivity index (χ4v) is 2.25. The molecule has 1 aromatic heterocycles. The second-order valence-corrected chi connectivity index (χ2v) is 5.23. The number of unbranched alkanes of at least 4 members (excludes halogenated alkanes) is 1. The molecule has 6 nitrogen and oxygen atoms in total. The number of ether oxygens (including phenoxy) is 2. The van der Waals surface area contributed by atoms with Crippen molar-refractivity contribution in [3.05, 3.63) is 42.0 Å². The molecule has 0 aliphatic heterocycles. The van der Waals surface area contributed by atoms with Crippen LogP contribution in [-0.4, -0.2) is 23.3 Å². The van der Waals surface area contributed by atoms with Crippen LogP contribution in [0.5, 0.6) is 11.5 Å². The first-order chi connectivity index (χ1) is 12.2. The Morgan fingerprint density at radius 2 is 2.16 bits per heavy atom. The van der Waals surface area contributed by atoms with E-state index in [-0.39, 0.29) is 12.4 Å². The van der Waals surface area contributed by atoms with Gasteiger partial charge in [0.15, 0.2) is 11.5 Å². The van der Waals surface area contributed by atoms with Crippen LogP contribution < -0.4 is 14.8 Å². The lowest BCUT2D eigenvalue weighted by Gasteiger charge is -2.13. The fraction of sp³-hybridized carbons (Fsp3) is 0.412. The summed E-state index contributed by atoms with van der Waals surface area (Å²) < 4.78 is 37.3. The van der Waals surface area contributed by atoms with Gasteiger partial charge in [-0.05, 0) is 24.1 Å². The van der Waals surface area contributed by atoms with Gasteiger partial charge in [-0.3, -0.25) is 4.57 Å². The van der Waals surface area contributed by atoms with E-state index in [2.05, 4.69) is 16.4 Å². The molecule has 0 fully saturated rings. The van der Waals surface area contributed by atoms with Crippen LogP contribution in [0, 0.1) is 11.3 Å². The smallest absolute Gasteiger partial charge is 0.319 e. The summed E-state index contributed by atoms with van der Waals surface area (Å²) >= 11 is 0. The summed E-state index contributed by atoms with van der Waals surface area (Å²) in [4.78, 5) is 3.92. The largest absolute Gasteiger partial charge is 0.493 e. The van der Waals surface area contributed by atoms with E-state index in [4.69, 9.17) is 14.7 Å². The maximum atomic E-state index is 12.8. The highest BCUT2D eigenvalue weighted by Crippen LogP contribution is 2.28. The van der Waals surface area contributed by atoms with Crippen LogP contribution in [0.1, 0.15) is 30.8 Å². The number of alkyl halides is 2. The molecule has 0 unspecified atom stereocenters. The van der Waals surface area contributed by atoms with E-state index in [9.17, 15) is 8.78 Å². The normalized spacial score (nSPS) is 10.7. The van der Waals surface area contributed by atoms with E-state index >= 15 is 0 Å². The molecule has 1 aromatic carbocycles. The number of halogens is 2. The van der Waals surface area contributed by atoms with Gasteiger partial charge in [0, 0.05) is 25.4 Å². The van der Waals surface area contributed by atoms with Crippen molar-refractivity contribution in [2.45, 2.75) is 32.5 Å². The zero-order valence-corrected chi connectivity index (χ0v) is 13.9. The van der Waals surface area contributed by atoms with Gasteiger partial charge in [-0.15, -0.1) is 0 Å². The topological polar surface area (TPSA) is 72.1 Å². The van der Waals surface area contributed by atoms with E-state index < -0.39 is 6.55 Å². The maximum absolute atomic E-state index is 12.8. The Hall–Kier alpha value is -2.66. The molecule has 2 aromatic rings. The van der Waals surface area contributed by atoms with E-state index in [1.54, 1.807) is 13.2 Å². The number of benzene rings is 1. The number of hydrogen-bond donors (Lipinski definition) is 1. The predicted octanol–water partition coefficient (Wildman–Crippen LogP) is 3.26. The summed E-state index contributed by atoms with van der Waals surface area (Å²) in [5.41, 5.74) is 0.922. The highest BCUT2D eigenvalue weighted by Gasteiger charge is 2.11. The van der Waals surface area contributed by atoms with Crippen molar-refractivity contribution in [2.75, 3.05) is 13.7 Å². The van der Waals surface area contributed by atoms with Crippen molar-refractivity contribution in [3.8, 4) is 17.6 Å². The van der Waals surface area contributed by atoms with Crippen LogP contribution in [0.25, 0.3) is 0 Å². The van der Waals surface area contributed by atoms with Crippen LogP contribution in [0.2, 0.25) is 0 Å². The Morgan fingerprint density at radius 1 is 1.32 bits per heavy atom. The molecule has 0 aliphatic carbocycles. The molecule has 0 saturated carbocycles. The van der Waals surface area contributed by atoms with Crippen molar-refractivity contribution in [3.63, 3.8) is 0 Å². The lowest BCUT2D eigenvalue weighted by molar-refractivity contribution is 0.0666. The number of nitrogens with zero attached hydrogens (tertiary/aromatic N) is 3. The molecular weight excluding hydrogens is 330 g/mol. The highest BCUT2D eigenvalue weighted by molar-refractivity contribution is 5.42. The van der Waals surface area contributed by atoms with Crippen LogP contribution in [0.15, 0.2) is 30.6 Å². The molecule has 8 heteroatoms. The van der Waals surface area contributed by atoms with Gasteiger partial charge in [0.2, 0.25) is 0 Å². The van der Waals surface area contributed by atoms with Crippen LogP contribution in [0.3, 0.4) is 0 Å². The Balaban J connectivity index is 1.93. The quantitative estimate of drug-likeness (QED) is 0.666. The third-order valence-electron chi connectivity index (χ3n) is 3.49. The van der Waals surface area contributed by atoms with Gasteiger partial charge in [-0.2, -0.15) is 14.0 Å². The van der Waals surface area contributed by atoms with Gasteiger partial charge in [-0.1, -0.05) is 6.07 Å². The van der Waals surface area contributed by atoms with Gasteiger partial charge in [0.25, 0.3) is 0 Å². The average molecular weight is 350 g/mol. The Morgan fingerprint density at radius 3 is 2.88 bits per heavy atom. The van der Waals surface area contributed by atoms with Crippen molar-refractivity contribution < 1.29 is 18.3 Å². The summed E-state index contributed by atoms with van der Waals surface area (Å²) in [6.07, 6.45) is 3.67. The van der Waals surface area contributed by atoms with Crippen molar-refractivity contribution in [1.29, 1.82) is 5.26 Å². The molecule has 25 heavy (non-hydrogen) atoms. The van der Waals surface area contributed by atoms with Crippen molar-refractivity contribution >= 4 is 0 Å². The minimum atomic E-state index is -2.60. The average Bonchev–Trinajstić information content (AvgIpc) is 3.08. The number of nitriles is 1. The minimum absolute atomic E-state index is 0.224. The predicted molar refractivity (Wildman–Crippen MR) is 87.4 cm³/mol. The summed E-state index contributed by atoms with van der Waals surface area (Å²) in [5, 5.41) is 11.6. The van der Waals surface area contributed by atoms with E-state index in [1.165, 1.54) is 12.4 Å². The SMILES string of the molecule is COc1ccc(CNCc2nccn2C(F)F)cc1OCCCC#N. The van der Waals surface area contributed by atoms with E-state index in [0.717, 1.165) is 10.1 Å². The highest BCUT2D eigenvalue weighted by atomic mass is 19.3. The lowest BCUT2D eigenvalue weighted by Crippen LogP contribution is -2.17. The molecular formula is C17H20F2N4O2. The first-order valence-corrected chi connectivity index (χ1v) is 7.83. The number of aromatic nitrogens is 2. The third-order valence-corrected chi connectivity index (χ3v) is 3.49. The van der Waals surface area contributed by atoms with Crippen LogP contribution in [0.4, 0.5) is 8.78 Å². The van der Waals surface area contributed by atoms with Gasteiger partial charge in [-0.25, -0.2) is 4.98 Å². The van der Waals surface area contributed by atoms with Crippen LogP contribution >= 0.6 is 0 Å². The molecule has 0 spiro atoms. The summed E-state index contributed by atoms with van der Waals surface area (Å²) in [5.74, 6) is 1.47. The number of rotatable bonds is 10. The van der Waals surface area contributed by atoms with Gasteiger partial charge >= 0.3 is 6.55 Å². The molecule has 0 atom stereocenters. The zero-order chi connectivity index (χ0) is 18.1. The molecule has 2 rings (SSSR count). The molecule has 0 radical (unpaired) electrons. The lowest BCUT2D eigenvalue weighted by atomic mass is 10.2. The summed E-state index contributed by atoms with van der Waals surface area (Å²) in [6.45, 7) is -1.49. The zero-order valence-electron chi connectivity index (χ0n) is 13.9. The van der Waals surface area contributed by atoms with Gasteiger partial charge in [0.05, 0.1) is 26.3 Å². The molecule has 0 aliphatic rings. The molecule has 1 heterocycles. The monoisotopic (exact) mass is 350 g/mol. The molecule has 0 bridgehead atoms. The summed E-state index contributed by atoms with van der Waals surface area (Å²) in [7, 11) is 1.56. The molecule has 0 saturated heterocycles. The fourth-order valence-electron chi connectivity index (χ4n) is 2.25. The maximum Gasteiger partial charge on any atom is 0.319 e. The van der Waals surface area contributed by atoms with Crippen LogP contribution in [-0.2, 0) is 13.1 Å².